The molecule has 6 atom stereocenters. The van der Waals surface area contributed by atoms with Crippen molar-refractivity contribution < 1.29 is 32.2 Å². The first-order valence-electron chi connectivity index (χ1n) is 12.7. The maximum Gasteiger partial charge on any atom is 0.425 e. The van der Waals surface area contributed by atoms with Gasteiger partial charge in [-0.05, 0) is 37.7 Å². The van der Waals surface area contributed by atoms with Gasteiger partial charge >= 0.3 is 6.18 Å². The predicted molar refractivity (Wildman–Crippen MR) is 130 cm³/mol. The molecule has 4 rings (SSSR count). The molecule has 2 amide bonds. The minimum absolute atomic E-state index is 0.00554. The number of methoxy groups -OCH3 is 1. The Labute approximate surface area is 214 Å². The summed E-state index contributed by atoms with van der Waals surface area (Å²) in [6, 6.07) is 5.15. The van der Waals surface area contributed by atoms with Crippen molar-refractivity contribution in [1.82, 2.24) is 15.5 Å². The Morgan fingerprint density at radius 2 is 2.03 bits per heavy atom. The standard InChI is InChI=1S/C26H35F3N4O4/c1-14(2)25(3)13-22(34)33(24(30)32-25)19(9-10-36-4)16-11-17(16)23(35)31-18-12-21(26(27,28)29)37-20-8-6-5-7-15(18)20/h5-8,14,16-19,21H,9-13H2,1-4H3,(H2,30,32)(H,31,35)/t16-,17-,18+,19-,21-,25+/m1/s1. The number of hydrogen-bond donors (Lipinski definition) is 3. The topological polar surface area (TPSA) is 104 Å². The first-order chi connectivity index (χ1) is 17.4. The van der Waals surface area contributed by atoms with Gasteiger partial charge in [0.15, 0.2) is 12.1 Å². The summed E-state index contributed by atoms with van der Waals surface area (Å²) in [6.45, 7) is 6.24. The molecular weight excluding hydrogens is 489 g/mol. The molecule has 2 aliphatic heterocycles. The predicted octanol–water partition coefficient (Wildman–Crippen LogP) is 3.77. The van der Waals surface area contributed by atoms with Gasteiger partial charge in [0, 0.05) is 43.2 Å². The molecule has 0 aromatic heterocycles. The summed E-state index contributed by atoms with van der Waals surface area (Å²) in [7, 11) is 1.55. The van der Waals surface area contributed by atoms with Gasteiger partial charge in [-0.2, -0.15) is 13.2 Å². The van der Waals surface area contributed by atoms with Gasteiger partial charge in [-0.25, -0.2) is 0 Å². The molecule has 2 heterocycles. The molecule has 0 bridgehead atoms. The van der Waals surface area contributed by atoms with E-state index in [1.165, 1.54) is 11.0 Å². The summed E-state index contributed by atoms with van der Waals surface area (Å²) in [5.41, 5.74) is -0.0305. The Hall–Kier alpha value is -2.82. The van der Waals surface area contributed by atoms with E-state index in [0.717, 1.165) is 0 Å². The van der Waals surface area contributed by atoms with E-state index >= 15 is 0 Å². The molecule has 204 valence electrons. The lowest BCUT2D eigenvalue weighted by molar-refractivity contribution is -0.201. The molecule has 1 saturated heterocycles. The molecule has 1 aliphatic carbocycles. The highest BCUT2D eigenvalue weighted by molar-refractivity contribution is 5.99. The van der Waals surface area contributed by atoms with E-state index in [0.29, 0.717) is 25.0 Å². The third kappa shape index (κ3) is 5.56. The number of alkyl halides is 3. The highest BCUT2D eigenvalue weighted by Crippen LogP contribution is 2.47. The summed E-state index contributed by atoms with van der Waals surface area (Å²) in [5, 5.41) is 14.6. The van der Waals surface area contributed by atoms with Crippen molar-refractivity contribution in [3.63, 3.8) is 0 Å². The summed E-state index contributed by atoms with van der Waals surface area (Å²) in [4.78, 5) is 27.9. The Morgan fingerprint density at radius 3 is 2.65 bits per heavy atom. The van der Waals surface area contributed by atoms with Crippen molar-refractivity contribution in [3.05, 3.63) is 29.8 Å². The number of halogens is 3. The van der Waals surface area contributed by atoms with E-state index in [4.69, 9.17) is 14.9 Å². The molecule has 3 aliphatic rings. The van der Waals surface area contributed by atoms with Crippen LogP contribution in [0.2, 0.25) is 0 Å². The zero-order valence-corrected chi connectivity index (χ0v) is 21.5. The number of nitrogens with zero attached hydrogens (tertiary/aromatic N) is 1. The smallest absolute Gasteiger partial charge is 0.425 e. The van der Waals surface area contributed by atoms with Gasteiger partial charge in [-0.3, -0.25) is 19.9 Å². The quantitative estimate of drug-likeness (QED) is 0.481. The van der Waals surface area contributed by atoms with E-state index in [2.05, 4.69) is 10.6 Å². The molecule has 11 heteroatoms. The highest BCUT2D eigenvalue weighted by atomic mass is 19.4. The van der Waals surface area contributed by atoms with Gasteiger partial charge in [0.1, 0.15) is 5.75 Å². The number of ether oxygens (including phenoxy) is 2. The molecule has 1 saturated carbocycles. The van der Waals surface area contributed by atoms with Crippen LogP contribution < -0.4 is 15.4 Å². The second kappa shape index (κ2) is 10.2. The average Bonchev–Trinajstić information content (AvgIpc) is 3.61. The number of para-hydroxylation sites is 1. The Kier molecular flexibility index (Phi) is 7.47. The van der Waals surface area contributed by atoms with E-state index in [1.807, 2.05) is 20.8 Å². The molecular formula is C26H35F3N4O4. The van der Waals surface area contributed by atoms with Gasteiger partial charge in [-0.15, -0.1) is 0 Å². The third-order valence-electron chi connectivity index (χ3n) is 8.02. The summed E-state index contributed by atoms with van der Waals surface area (Å²) < 4.78 is 50.8. The van der Waals surface area contributed by atoms with Crippen LogP contribution in [0.4, 0.5) is 13.2 Å². The zero-order chi connectivity index (χ0) is 27.1. The lowest BCUT2D eigenvalue weighted by atomic mass is 9.83. The van der Waals surface area contributed by atoms with Crippen molar-refractivity contribution in [2.75, 3.05) is 13.7 Å². The first-order valence-corrected chi connectivity index (χ1v) is 12.7. The Morgan fingerprint density at radius 1 is 1.32 bits per heavy atom. The normalized spacial score (nSPS) is 30.3. The van der Waals surface area contributed by atoms with Crippen LogP contribution in [-0.2, 0) is 14.3 Å². The Bertz CT molecular complexity index is 1030. The average molecular weight is 525 g/mol. The van der Waals surface area contributed by atoms with Crippen molar-refractivity contribution in [2.24, 2.45) is 17.8 Å². The van der Waals surface area contributed by atoms with Crippen molar-refractivity contribution in [3.8, 4) is 5.75 Å². The van der Waals surface area contributed by atoms with Crippen LogP contribution in [0.3, 0.4) is 0 Å². The number of rotatable bonds is 8. The molecule has 2 fully saturated rings. The Balaban J connectivity index is 1.48. The summed E-state index contributed by atoms with van der Waals surface area (Å²) >= 11 is 0. The van der Waals surface area contributed by atoms with Crippen LogP contribution in [-0.4, -0.2) is 60.3 Å². The lowest BCUT2D eigenvalue weighted by Gasteiger charge is -2.45. The van der Waals surface area contributed by atoms with E-state index in [1.54, 1.807) is 25.3 Å². The number of guanidine groups is 1. The van der Waals surface area contributed by atoms with Crippen LogP contribution in [0.15, 0.2) is 24.3 Å². The van der Waals surface area contributed by atoms with Crippen LogP contribution >= 0.6 is 0 Å². The fourth-order valence-electron chi connectivity index (χ4n) is 5.35. The van der Waals surface area contributed by atoms with Gasteiger partial charge < -0.3 is 20.1 Å². The summed E-state index contributed by atoms with van der Waals surface area (Å²) in [6.07, 6.45) is -5.84. The highest BCUT2D eigenvalue weighted by Gasteiger charge is 2.54. The van der Waals surface area contributed by atoms with Crippen molar-refractivity contribution in [1.29, 1.82) is 5.41 Å². The van der Waals surface area contributed by atoms with Gasteiger partial charge in [0.25, 0.3) is 0 Å². The number of nitrogens with one attached hydrogen (secondary N) is 3. The second-order valence-corrected chi connectivity index (χ2v) is 10.8. The molecule has 37 heavy (non-hydrogen) atoms. The number of hydrogen-bond acceptors (Lipinski definition) is 5. The fraction of sp³-hybridized carbons (Fsp3) is 0.654. The van der Waals surface area contributed by atoms with E-state index in [9.17, 15) is 22.8 Å². The van der Waals surface area contributed by atoms with E-state index < -0.39 is 42.2 Å². The zero-order valence-electron chi connectivity index (χ0n) is 21.5. The SMILES string of the molecule is COCC[C@H]([C@@H]1C[C@H]1C(=O)N[C@H]1C[C@H](C(F)(F)F)Oc2ccccc21)N1C(=N)N[C@](C)(C(C)C)CC1=O. The molecule has 3 N–H and O–H groups in total. The van der Waals surface area contributed by atoms with Gasteiger partial charge in [0.2, 0.25) is 11.8 Å². The van der Waals surface area contributed by atoms with Crippen LogP contribution in [0, 0.1) is 23.2 Å². The number of carbonyl (C=O) groups is 2. The van der Waals surface area contributed by atoms with Crippen molar-refractivity contribution >= 4 is 17.8 Å². The summed E-state index contributed by atoms with van der Waals surface area (Å²) in [5.74, 6) is -0.995. The first kappa shape index (κ1) is 27.2. The molecule has 1 aromatic carbocycles. The molecule has 0 spiro atoms. The fourth-order valence-corrected chi connectivity index (χ4v) is 5.35. The molecule has 1 aromatic rings. The number of carbonyl (C=O) groups excluding carboxylic acids is 2. The third-order valence-corrected chi connectivity index (χ3v) is 8.02. The maximum atomic E-state index is 13.5. The van der Waals surface area contributed by atoms with Crippen LogP contribution in [0.1, 0.15) is 58.1 Å². The molecule has 0 unspecified atom stereocenters. The molecule has 8 nitrogen and oxygen atoms in total. The second-order valence-electron chi connectivity index (χ2n) is 10.8. The maximum absolute atomic E-state index is 13.5. The van der Waals surface area contributed by atoms with Gasteiger partial charge in [-0.1, -0.05) is 32.0 Å². The number of benzene rings is 1. The van der Waals surface area contributed by atoms with E-state index in [-0.39, 0.29) is 41.8 Å². The monoisotopic (exact) mass is 524 g/mol. The number of amides is 2. The largest absolute Gasteiger partial charge is 0.480 e. The van der Waals surface area contributed by atoms with Crippen LogP contribution in [0.25, 0.3) is 0 Å². The molecule has 0 radical (unpaired) electrons. The van der Waals surface area contributed by atoms with Crippen molar-refractivity contribution in [2.45, 2.75) is 76.4 Å². The number of fused-ring (bicyclic) bond motifs is 1. The van der Waals surface area contributed by atoms with Gasteiger partial charge in [0.05, 0.1) is 12.5 Å². The lowest BCUT2D eigenvalue weighted by Crippen LogP contribution is -2.65. The van der Waals surface area contributed by atoms with Crippen LogP contribution in [0.5, 0.6) is 5.75 Å². The minimum Gasteiger partial charge on any atom is -0.480 e. The minimum atomic E-state index is -4.56.